The van der Waals surface area contributed by atoms with Gasteiger partial charge in [0, 0.05) is 37.9 Å². The number of hydrogen-bond donors (Lipinski definition) is 0. The second kappa shape index (κ2) is 10.3. The molecule has 5 nitrogen and oxygen atoms in total. The molecule has 2 heterocycles. The van der Waals surface area contributed by atoms with E-state index in [0.29, 0.717) is 29.0 Å². The van der Waals surface area contributed by atoms with Crippen LogP contribution in [-0.4, -0.2) is 19.5 Å². The highest BCUT2D eigenvalue weighted by atomic mass is 79.9. The number of aromatic nitrogens is 4. The molecule has 0 aliphatic carbocycles. The van der Waals surface area contributed by atoms with Crippen LogP contribution in [0.3, 0.4) is 0 Å². The number of benzene rings is 2. The van der Waals surface area contributed by atoms with Gasteiger partial charge in [-0.2, -0.15) is 26.3 Å². The van der Waals surface area contributed by atoms with Gasteiger partial charge in [-0.25, -0.2) is 15.0 Å². The van der Waals surface area contributed by atoms with Crippen LogP contribution in [0.1, 0.15) is 28.1 Å². The average molecular weight is 570 g/mol. The Morgan fingerprint density at radius 3 is 1.97 bits per heavy atom. The van der Waals surface area contributed by atoms with Crippen LogP contribution in [0.15, 0.2) is 77.8 Å². The molecule has 0 amide bonds. The number of nitrogens with zero attached hydrogens (tertiary/aromatic N) is 5. The van der Waals surface area contributed by atoms with Crippen molar-refractivity contribution in [3.63, 3.8) is 0 Å². The largest absolute Gasteiger partial charge is 0.416 e. The van der Waals surface area contributed by atoms with Crippen molar-refractivity contribution in [2.75, 3.05) is 4.90 Å². The molecule has 188 valence electrons. The molecule has 0 radical (unpaired) electrons. The van der Waals surface area contributed by atoms with Crippen LogP contribution in [0.2, 0.25) is 0 Å². The van der Waals surface area contributed by atoms with Gasteiger partial charge < -0.3 is 9.47 Å². The summed E-state index contributed by atoms with van der Waals surface area (Å²) in [5.74, 6) is 0.659. The molecule has 0 fully saturated rings. The van der Waals surface area contributed by atoms with E-state index < -0.39 is 23.5 Å². The summed E-state index contributed by atoms with van der Waals surface area (Å²) in [5.41, 5.74) is -1.95. The lowest BCUT2D eigenvalue weighted by atomic mass is 10.0. The Labute approximate surface area is 210 Å². The standard InChI is InChI=1S/C24H18BrF6N5/c25-20-11-33-22(34-12-20)36(15-21-32-6-7-35(21)13-16-4-2-1-3-5-16)14-17-8-18(23(26,27)28)10-19(9-17)24(29,30)31/h1-12H,13-15H2. The second-order valence-electron chi connectivity index (χ2n) is 7.93. The highest BCUT2D eigenvalue weighted by Gasteiger charge is 2.37. The summed E-state index contributed by atoms with van der Waals surface area (Å²) in [4.78, 5) is 14.2. The highest BCUT2D eigenvalue weighted by Crippen LogP contribution is 2.36. The maximum Gasteiger partial charge on any atom is 0.416 e. The lowest BCUT2D eigenvalue weighted by Crippen LogP contribution is -2.27. The predicted octanol–water partition coefficient (Wildman–Crippen LogP) is 6.73. The number of alkyl halides is 6. The van der Waals surface area contributed by atoms with Crippen LogP contribution in [0.5, 0.6) is 0 Å². The highest BCUT2D eigenvalue weighted by molar-refractivity contribution is 9.10. The summed E-state index contributed by atoms with van der Waals surface area (Å²) >= 11 is 3.22. The molecule has 0 unspecified atom stereocenters. The van der Waals surface area contributed by atoms with E-state index in [-0.39, 0.29) is 30.7 Å². The van der Waals surface area contributed by atoms with Gasteiger partial charge in [0.05, 0.1) is 22.1 Å². The van der Waals surface area contributed by atoms with Crippen molar-refractivity contribution >= 4 is 21.9 Å². The third-order valence-corrected chi connectivity index (χ3v) is 5.65. The van der Waals surface area contributed by atoms with Crippen LogP contribution in [0, 0.1) is 0 Å². The molecule has 0 aliphatic rings. The van der Waals surface area contributed by atoms with E-state index >= 15 is 0 Å². The van der Waals surface area contributed by atoms with Crippen LogP contribution >= 0.6 is 15.9 Å². The van der Waals surface area contributed by atoms with Gasteiger partial charge in [0.1, 0.15) is 5.82 Å². The molecule has 0 aliphatic heterocycles. The summed E-state index contributed by atoms with van der Waals surface area (Å²) in [5, 5.41) is 0. The average Bonchev–Trinajstić information content (AvgIpc) is 3.25. The first-order valence-corrected chi connectivity index (χ1v) is 11.3. The van der Waals surface area contributed by atoms with Crippen LogP contribution in [0.25, 0.3) is 0 Å². The van der Waals surface area contributed by atoms with Gasteiger partial charge in [0.25, 0.3) is 0 Å². The van der Waals surface area contributed by atoms with Crippen molar-refractivity contribution in [2.45, 2.75) is 32.0 Å². The first kappa shape index (κ1) is 25.7. The molecule has 4 aromatic rings. The molecular weight excluding hydrogens is 552 g/mol. The second-order valence-corrected chi connectivity index (χ2v) is 8.84. The third kappa shape index (κ3) is 6.42. The quantitative estimate of drug-likeness (QED) is 0.232. The van der Waals surface area contributed by atoms with Crippen molar-refractivity contribution in [1.82, 2.24) is 19.5 Å². The Bertz CT molecular complexity index is 1270. The maximum absolute atomic E-state index is 13.4. The van der Waals surface area contributed by atoms with Crippen molar-refractivity contribution in [3.05, 3.63) is 106 Å². The minimum absolute atomic E-state index is 0.0407. The van der Waals surface area contributed by atoms with E-state index in [0.717, 1.165) is 5.56 Å². The molecule has 0 spiro atoms. The Morgan fingerprint density at radius 1 is 0.778 bits per heavy atom. The van der Waals surface area contributed by atoms with Crippen molar-refractivity contribution in [1.29, 1.82) is 0 Å². The van der Waals surface area contributed by atoms with Crippen molar-refractivity contribution < 1.29 is 26.3 Å². The summed E-state index contributed by atoms with van der Waals surface area (Å²) in [6.45, 7) is 0.207. The van der Waals surface area contributed by atoms with Gasteiger partial charge in [-0.05, 0) is 45.3 Å². The molecule has 0 saturated heterocycles. The van der Waals surface area contributed by atoms with Gasteiger partial charge in [-0.1, -0.05) is 30.3 Å². The molecule has 0 atom stereocenters. The number of hydrogen-bond acceptors (Lipinski definition) is 4. The van der Waals surface area contributed by atoms with Crippen LogP contribution in [-0.2, 0) is 32.0 Å². The molecular formula is C24H18BrF6N5. The summed E-state index contributed by atoms with van der Waals surface area (Å²) in [6, 6.07) is 11.0. The van der Waals surface area contributed by atoms with Gasteiger partial charge in [-0.3, -0.25) is 0 Å². The smallest absolute Gasteiger partial charge is 0.329 e. The molecule has 12 heteroatoms. The molecule has 0 bridgehead atoms. The van der Waals surface area contributed by atoms with E-state index in [2.05, 4.69) is 30.9 Å². The van der Waals surface area contributed by atoms with Gasteiger partial charge in [-0.15, -0.1) is 0 Å². The fourth-order valence-electron chi connectivity index (χ4n) is 3.58. The zero-order valence-corrected chi connectivity index (χ0v) is 20.0. The lowest BCUT2D eigenvalue weighted by Gasteiger charge is -2.24. The number of rotatable bonds is 7. The van der Waals surface area contributed by atoms with Gasteiger partial charge in [0.2, 0.25) is 5.95 Å². The molecule has 4 rings (SSSR count). The van der Waals surface area contributed by atoms with Gasteiger partial charge >= 0.3 is 12.4 Å². The SMILES string of the molecule is FC(F)(F)c1cc(CN(Cc2nccn2Cc2ccccc2)c2ncc(Br)cn2)cc(C(F)(F)F)c1. The first-order valence-electron chi connectivity index (χ1n) is 10.5. The molecule has 0 saturated carbocycles. The molecule has 0 N–H and O–H groups in total. The summed E-state index contributed by atoms with van der Waals surface area (Å²) < 4.78 is 82.7. The van der Waals surface area contributed by atoms with Crippen LogP contribution in [0.4, 0.5) is 32.3 Å². The van der Waals surface area contributed by atoms with E-state index in [1.54, 1.807) is 12.4 Å². The zero-order valence-electron chi connectivity index (χ0n) is 18.4. The van der Waals surface area contributed by atoms with E-state index in [9.17, 15) is 26.3 Å². The minimum Gasteiger partial charge on any atom is -0.329 e. The normalized spacial score (nSPS) is 12.1. The predicted molar refractivity (Wildman–Crippen MR) is 124 cm³/mol. The summed E-state index contributed by atoms with van der Waals surface area (Å²) in [6.07, 6.45) is -3.68. The number of imidazole rings is 1. The molecule has 2 aromatic heterocycles. The van der Waals surface area contributed by atoms with Gasteiger partial charge in [0.15, 0.2) is 0 Å². The van der Waals surface area contributed by atoms with Crippen LogP contribution < -0.4 is 4.90 Å². The fourth-order valence-corrected chi connectivity index (χ4v) is 3.79. The Hall–Kier alpha value is -3.41. The number of halogens is 7. The summed E-state index contributed by atoms with van der Waals surface area (Å²) in [7, 11) is 0. The zero-order chi connectivity index (χ0) is 25.9. The lowest BCUT2D eigenvalue weighted by molar-refractivity contribution is -0.143. The fraction of sp³-hybridized carbons (Fsp3) is 0.208. The Kier molecular flexibility index (Phi) is 7.34. The Morgan fingerprint density at radius 2 is 1.39 bits per heavy atom. The Balaban J connectivity index is 1.70. The van der Waals surface area contributed by atoms with E-state index in [1.165, 1.54) is 17.3 Å². The van der Waals surface area contributed by atoms with E-state index in [1.807, 2.05) is 34.9 Å². The number of anilines is 1. The maximum atomic E-state index is 13.4. The first-order chi connectivity index (χ1) is 17.0. The molecule has 2 aromatic carbocycles. The van der Waals surface area contributed by atoms with Crippen molar-refractivity contribution in [2.24, 2.45) is 0 Å². The minimum atomic E-state index is -4.94. The third-order valence-electron chi connectivity index (χ3n) is 5.24. The topological polar surface area (TPSA) is 46.8 Å². The van der Waals surface area contributed by atoms with Crippen molar-refractivity contribution in [3.8, 4) is 0 Å². The molecule has 36 heavy (non-hydrogen) atoms. The monoisotopic (exact) mass is 569 g/mol. The van der Waals surface area contributed by atoms with E-state index in [4.69, 9.17) is 0 Å².